The molecule has 1 saturated carbocycles. The molecule has 4 N–H and O–H groups in total. The summed E-state index contributed by atoms with van der Waals surface area (Å²) >= 11 is 0. The number of fused-ring (bicyclic) bond motifs is 1. The number of carbonyl (C=O) groups is 2. The smallest absolute Gasteiger partial charge is 0.260 e. The quantitative estimate of drug-likeness (QED) is 0.369. The first-order valence-corrected chi connectivity index (χ1v) is 10.4. The number of aromatic nitrogens is 5. The lowest BCUT2D eigenvalue weighted by molar-refractivity contribution is 0.101. The van der Waals surface area contributed by atoms with Crippen LogP contribution in [0.3, 0.4) is 0 Å². The van der Waals surface area contributed by atoms with E-state index in [1.54, 1.807) is 42.9 Å². The highest BCUT2D eigenvalue weighted by Crippen LogP contribution is 2.24. The minimum absolute atomic E-state index is 0.177. The fourth-order valence-electron chi connectivity index (χ4n) is 3.77. The van der Waals surface area contributed by atoms with Crippen molar-refractivity contribution in [2.75, 3.05) is 10.6 Å². The number of imidazole rings is 2. The van der Waals surface area contributed by atoms with Gasteiger partial charge in [-0.1, -0.05) is 6.07 Å². The topological polar surface area (TPSA) is 138 Å². The van der Waals surface area contributed by atoms with Crippen LogP contribution in [0.2, 0.25) is 0 Å². The van der Waals surface area contributed by atoms with Crippen molar-refractivity contribution in [1.82, 2.24) is 24.9 Å². The van der Waals surface area contributed by atoms with Crippen LogP contribution in [0.15, 0.2) is 49.1 Å². The molecule has 0 unspecified atom stereocenters. The number of pyridine rings is 1. The number of anilines is 2. The standard InChI is InChI=1S/C22H21N7O3/c30-19(13-10-15(12-23-11-13)32-14-4-1-2-5-14)28-22-26-17-7-3-6-16(18(17)27-22)20(31)29-21-24-8-9-25-21/h3,6-12,14H,1-2,4-5H2,(H2,24,25,29,31)(H2,26,27,28,30). The Morgan fingerprint density at radius 2 is 1.91 bits per heavy atom. The first-order chi connectivity index (χ1) is 15.7. The summed E-state index contributed by atoms with van der Waals surface area (Å²) in [6.07, 6.45) is 10.8. The zero-order chi connectivity index (χ0) is 21.9. The maximum Gasteiger partial charge on any atom is 0.260 e. The molecule has 32 heavy (non-hydrogen) atoms. The molecule has 10 heteroatoms. The van der Waals surface area contributed by atoms with E-state index in [1.165, 1.54) is 6.20 Å². The van der Waals surface area contributed by atoms with Gasteiger partial charge in [-0.3, -0.25) is 25.2 Å². The average Bonchev–Trinajstić information content (AvgIpc) is 3.55. The predicted molar refractivity (Wildman–Crippen MR) is 118 cm³/mol. The van der Waals surface area contributed by atoms with E-state index >= 15 is 0 Å². The Morgan fingerprint density at radius 1 is 1.06 bits per heavy atom. The van der Waals surface area contributed by atoms with E-state index < -0.39 is 0 Å². The maximum atomic E-state index is 12.8. The number of ether oxygens (including phenoxy) is 1. The van der Waals surface area contributed by atoms with Gasteiger partial charge in [0.2, 0.25) is 11.9 Å². The second kappa shape index (κ2) is 8.50. The Morgan fingerprint density at radius 3 is 2.72 bits per heavy atom. The Balaban J connectivity index is 1.33. The zero-order valence-corrected chi connectivity index (χ0v) is 17.1. The Hall–Kier alpha value is -4.21. The van der Waals surface area contributed by atoms with Crippen LogP contribution in [0.25, 0.3) is 11.0 Å². The number of aromatic amines is 2. The van der Waals surface area contributed by atoms with Gasteiger partial charge in [0.05, 0.1) is 28.9 Å². The lowest BCUT2D eigenvalue weighted by Gasteiger charge is -2.13. The van der Waals surface area contributed by atoms with Crippen molar-refractivity contribution >= 4 is 34.7 Å². The largest absolute Gasteiger partial charge is 0.489 e. The van der Waals surface area contributed by atoms with Gasteiger partial charge in [-0.05, 0) is 43.9 Å². The number of nitrogens with one attached hydrogen (secondary N) is 4. The second-order valence-electron chi connectivity index (χ2n) is 7.57. The van der Waals surface area contributed by atoms with Crippen molar-refractivity contribution < 1.29 is 14.3 Å². The number of benzene rings is 1. The summed E-state index contributed by atoms with van der Waals surface area (Å²) in [5, 5.41) is 5.40. The average molecular weight is 431 g/mol. The molecule has 3 heterocycles. The molecule has 4 aromatic rings. The first-order valence-electron chi connectivity index (χ1n) is 10.4. The third-order valence-corrected chi connectivity index (χ3v) is 5.30. The Bertz CT molecular complexity index is 1260. The normalized spacial score (nSPS) is 13.9. The molecule has 1 fully saturated rings. The molecule has 10 nitrogen and oxygen atoms in total. The second-order valence-corrected chi connectivity index (χ2v) is 7.57. The molecule has 2 amide bonds. The number of amides is 2. The molecule has 5 rings (SSSR count). The Kier molecular flexibility index (Phi) is 5.24. The van der Waals surface area contributed by atoms with E-state index in [-0.39, 0.29) is 23.9 Å². The summed E-state index contributed by atoms with van der Waals surface area (Å²) in [5.41, 5.74) is 1.76. The summed E-state index contributed by atoms with van der Waals surface area (Å²) in [5.74, 6) is 0.394. The number of para-hydroxylation sites is 1. The summed E-state index contributed by atoms with van der Waals surface area (Å²) < 4.78 is 5.93. The van der Waals surface area contributed by atoms with Crippen LogP contribution in [0, 0.1) is 0 Å². The van der Waals surface area contributed by atoms with Gasteiger partial charge < -0.3 is 14.7 Å². The van der Waals surface area contributed by atoms with Crippen molar-refractivity contribution in [3.63, 3.8) is 0 Å². The monoisotopic (exact) mass is 431 g/mol. The van der Waals surface area contributed by atoms with Gasteiger partial charge in [-0.2, -0.15) is 0 Å². The van der Waals surface area contributed by atoms with Crippen LogP contribution in [0.4, 0.5) is 11.9 Å². The highest BCUT2D eigenvalue weighted by Gasteiger charge is 2.19. The highest BCUT2D eigenvalue weighted by atomic mass is 16.5. The molecule has 0 spiro atoms. The number of hydrogen-bond acceptors (Lipinski definition) is 6. The van der Waals surface area contributed by atoms with Gasteiger partial charge in [0, 0.05) is 18.6 Å². The molecule has 0 radical (unpaired) electrons. The molecule has 3 aromatic heterocycles. The third-order valence-electron chi connectivity index (χ3n) is 5.30. The van der Waals surface area contributed by atoms with Crippen LogP contribution in [-0.2, 0) is 0 Å². The number of H-pyrrole nitrogens is 2. The van der Waals surface area contributed by atoms with Crippen molar-refractivity contribution in [3.05, 3.63) is 60.2 Å². The van der Waals surface area contributed by atoms with Crippen LogP contribution in [0.1, 0.15) is 46.4 Å². The third kappa shape index (κ3) is 4.15. The summed E-state index contributed by atoms with van der Waals surface area (Å²) in [7, 11) is 0. The number of nitrogens with zero attached hydrogens (tertiary/aromatic N) is 3. The van der Waals surface area contributed by atoms with Gasteiger partial charge in [-0.25, -0.2) is 9.97 Å². The van der Waals surface area contributed by atoms with E-state index in [0.717, 1.165) is 25.7 Å². The molecule has 0 aliphatic heterocycles. The molecular weight excluding hydrogens is 410 g/mol. The van der Waals surface area contributed by atoms with Gasteiger partial charge in [-0.15, -0.1) is 0 Å². The van der Waals surface area contributed by atoms with Gasteiger partial charge in [0.25, 0.3) is 11.8 Å². The van der Waals surface area contributed by atoms with E-state index in [0.29, 0.717) is 33.9 Å². The fourth-order valence-corrected chi connectivity index (χ4v) is 3.77. The van der Waals surface area contributed by atoms with Crippen LogP contribution >= 0.6 is 0 Å². The van der Waals surface area contributed by atoms with Crippen LogP contribution in [-0.4, -0.2) is 42.8 Å². The molecule has 162 valence electrons. The number of hydrogen-bond donors (Lipinski definition) is 4. The zero-order valence-electron chi connectivity index (χ0n) is 17.1. The highest BCUT2D eigenvalue weighted by molar-refractivity contribution is 6.11. The maximum absolute atomic E-state index is 12.8. The fraction of sp³-hybridized carbons (Fsp3) is 0.227. The molecule has 0 saturated heterocycles. The summed E-state index contributed by atoms with van der Waals surface area (Å²) in [6, 6.07) is 6.84. The lowest BCUT2D eigenvalue weighted by Crippen LogP contribution is -2.15. The molecule has 1 aliphatic rings. The van der Waals surface area contributed by atoms with Gasteiger partial charge >= 0.3 is 0 Å². The van der Waals surface area contributed by atoms with E-state index in [1.807, 2.05) is 0 Å². The predicted octanol–water partition coefficient (Wildman–Crippen LogP) is 3.51. The van der Waals surface area contributed by atoms with E-state index in [9.17, 15) is 9.59 Å². The minimum atomic E-state index is -0.380. The number of carbonyl (C=O) groups excluding carboxylic acids is 2. The summed E-state index contributed by atoms with van der Waals surface area (Å²) in [6.45, 7) is 0. The van der Waals surface area contributed by atoms with Crippen LogP contribution < -0.4 is 15.4 Å². The Labute approximate surface area is 182 Å². The minimum Gasteiger partial charge on any atom is -0.489 e. The van der Waals surface area contributed by atoms with Crippen molar-refractivity contribution in [2.45, 2.75) is 31.8 Å². The van der Waals surface area contributed by atoms with E-state index in [2.05, 4.69) is 35.6 Å². The van der Waals surface area contributed by atoms with Crippen LogP contribution in [0.5, 0.6) is 5.75 Å². The van der Waals surface area contributed by atoms with Crippen molar-refractivity contribution in [1.29, 1.82) is 0 Å². The van der Waals surface area contributed by atoms with Gasteiger partial charge in [0.15, 0.2) is 0 Å². The van der Waals surface area contributed by atoms with E-state index in [4.69, 9.17) is 4.74 Å². The molecule has 1 aromatic carbocycles. The SMILES string of the molecule is O=C(Nc1nc2c(C(=O)Nc3ncc[nH]3)cccc2[nH]1)c1cncc(OC2CCCC2)c1. The molecular formula is C22H21N7O3. The van der Waals surface area contributed by atoms with Crippen molar-refractivity contribution in [3.8, 4) is 5.75 Å². The molecule has 0 bridgehead atoms. The summed E-state index contributed by atoms with van der Waals surface area (Å²) in [4.78, 5) is 43.7. The first kappa shape index (κ1) is 19.7. The lowest BCUT2D eigenvalue weighted by atomic mass is 10.2. The molecule has 0 atom stereocenters. The molecule has 1 aliphatic carbocycles. The number of rotatable bonds is 6. The van der Waals surface area contributed by atoms with Crippen molar-refractivity contribution in [2.24, 2.45) is 0 Å². The van der Waals surface area contributed by atoms with Gasteiger partial charge in [0.1, 0.15) is 11.3 Å².